The van der Waals surface area contributed by atoms with Crippen molar-refractivity contribution in [3.05, 3.63) is 53.7 Å². The Kier molecular flexibility index (Phi) is 3.20. The van der Waals surface area contributed by atoms with Crippen LogP contribution < -0.4 is 0 Å². The third-order valence-electron chi connectivity index (χ3n) is 3.59. The number of fused-ring (bicyclic) bond motifs is 1. The molecular weight excluding hydrogens is 278 g/mol. The SMILES string of the molecule is CC(C)(C)c1ccc(-c2nc3ccc(C(=O)O)cn3n2)cc1. The molecule has 5 heteroatoms. The summed E-state index contributed by atoms with van der Waals surface area (Å²) >= 11 is 0. The van der Waals surface area contributed by atoms with Crippen LogP contribution in [0.4, 0.5) is 0 Å². The number of hydrogen-bond donors (Lipinski definition) is 1. The molecule has 5 nitrogen and oxygen atoms in total. The zero-order chi connectivity index (χ0) is 15.9. The van der Waals surface area contributed by atoms with E-state index in [9.17, 15) is 4.79 Å². The van der Waals surface area contributed by atoms with Gasteiger partial charge in [0.05, 0.1) is 5.56 Å². The van der Waals surface area contributed by atoms with Crippen molar-refractivity contribution in [3.8, 4) is 11.4 Å². The Labute approximate surface area is 128 Å². The van der Waals surface area contributed by atoms with Gasteiger partial charge in [0, 0.05) is 11.8 Å². The molecule has 112 valence electrons. The number of benzene rings is 1. The molecule has 0 aliphatic rings. The van der Waals surface area contributed by atoms with Crippen LogP contribution in [0.1, 0.15) is 36.7 Å². The van der Waals surface area contributed by atoms with Crippen LogP contribution in [0.15, 0.2) is 42.6 Å². The Hall–Kier alpha value is -2.69. The number of rotatable bonds is 2. The van der Waals surface area contributed by atoms with Gasteiger partial charge in [-0.15, -0.1) is 5.10 Å². The van der Waals surface area contributed by atoms with Crippen LogP contribution in [0, 0.1) is 0 Å². The maximum atomic E-state index is 11.0. The predicted octanol–water partition coefficient (Wildman–Crippen LogP) is 3.39. The summed E-state index contributed by atoms with van der Waals surface area (Å²) in [5.41, 5.74) is 3.06. The molecule has 0 amide bonds. The van der Waals surface area contributed by atoms with Crippen LogP contribution in [-0.4, -0.2) is 25.7 Å². The lowest BCUT2D eigenvalue weighted by molar-refractivity contribution is 0.0696. The number of carbonyl (C=O) groups is 1. The topological polar surface area (TPSA) is 67.5 Å². The molecule has 22 heavy (non-hydrogen) atoms. The normalized spacial score (nSPS) is 11.8. The molecular formula is C17H17N3O2. The summed E-state index contributed by atoms with van der Waals surface area (Å²) in [5, 5.41) is 13.4. The molecule has 0 saturated carbocycles. The molecule has 0 unspecified atom stereocenters. The number of aromatic carboxylic acids is 1. The number of hydrogen-bond acceptors (Lipinski definition) is 3. The number of carboxylic acid groups (broad SMARTS) is 1. The zero-order valence-electron chi connectivity index (χ0n) is 12.7. The van der Waals surface area contributed by atoms with Gasteiger partial charge < -0.3 is 5.11 Å². The van der Waals surface area contributed by atoms with Gasteiger partial charge in [0.15, 0.2) is 11.5 Å². The molecule has 1 aromatic carbocycles. The molecule has 1 N–H and O–H groups in total. The van der Waals surface area contributed by atoms with Crippen LogP contribution >= 0.6 is 0 Å². The molecule has 0 fully saturated rings. The third kappa shape index (κ3) is 2.57. The van der Waals surface area contributed by atoms with E-state index >= 15 is 0 Å². The summed E-state index contributed by atoms with van der Waals surface area (Å²) in [4.78, 5) is 15.4. The van der Waals surface area contributed by atoms with Crippen LogP contribution in [0.3, 0.4) is 0 Å². The minimum atomic E-state index is -0.978. The van der Waals surface area contributed by atoms with Crippen molar-refractivity contribution in [2.24, 2.45) is 0 Å². The third-order valence-corrected chi connectivity index (χ3v) is 3.59. The highest BCUT2D eigenvalue weighted by Crippen LogP contribution is 2.25. The fraction of sp³-hybridized carbons (Fsp3) is 0.235. The Morgan fingerprint density at radius 3 is 2.36 bits per heavy atom. The first-order valence-electron chi connectivity index (χ1n) is 7.05. The Morgan fingerprint density at radius 2 is 1.77 bits per heavy atom. The highest BCUT2D eigenvalue weighted by Gasteiger charge is 2.14. The van der Waals surface area contributed by atoms with Crippen molar-refractivity contribution in [2.45, 2.75) is 26.2 Å². The van der Waals surface area contributed by atoms with Crippen molar-refractivity contribution >= 4 is 11.6 Å². The second kappa shape index (κ2) is 4.94. The summed E-state index contributed by atoms with van der Waals surface area (Å²) < 4.78 is 1.50. The van der Waals surface area contributed by atoms with Crippen LogP contribution in [0.2, 0.25) is 0 Å². The van der Waals surface area contributed by atoms with Crippen molar-refractivity contribution in [1.29, 1.82) is 0 Å². The van der Waals surface area contributed by atoms with Gasteiger partial charge in [0.25, 0.3) is 0 Å². The molecule has 0 radical (unpaired) electrons. The van der Waals surface area contributed by atoms with E-state index < -0.39 is 5.97 Å². The average Bonchev–Trinajstić information content (AvgIpc) is 2.89. The molecule has 3 aromatic rings. The summed E-state index contributed by atoms with van der Waals surface area (Å²) in [5.74, 6) is -0.392. The van der Waals surface area contributed by atoms with Gasteiger partial charge >= 0.3 is 5.97 Å². The highest BCUT2D eigenvalue weighted by atomic mass is 16.4. The van der Waals surface area contributed by atoms with E-state index in [0.29, 0.717) is 11.5 Å². The monoisotopic (exact) mass is 295 g/mol. The van der Waals surface area contributed by atoms with Gasteiger partial charge in [0.2, 0.25) is 0 Å². The van der Waals surface area contributed by atoms with E-state index in [1.165, 1.54) is 22.3 Å². The van der Waals surface area contributed by atoms with Gasteiger partial charge in [-0.3, -0.25) is 0 Å². The molecule has 2 aromatic heterocycles. The van der Waals surface area contributed by atoms with Crippen molar-refractivity contribution in [3.63, 3.8) is 0 Å². The van der Waals surface area contributed by atoms with Crippen LogP contribution in [0.25, 0.3) is 17.0 Å². The van der Waals surface area contributed by atoms with E-state index in [4.69, 9.17) is 5.11 Å². The molecule has 0 aliphatic carbocycles. The second-order valence-corrected chi connectivity index (χ2v) is 6.29. The van der Waals surface area contributed by atoms with Crippen molar-refractivity contribution in [2.75, 3.05) is 0 Å². The first-order chi connectivity index (χ1) is 10.3. The average molecular weight is 295 g/mol. The van der Waals surface area contributed by atoms with Crippen LogP contribution in [0.5, 0.6) is 0 Å². The molecule has 0 aliphatic heterocycles. The van der Waals surface area contributed by atoms with Crippen molar-refractivity contribution < 1.29 is 9.90 Å². The van der Waals surface area contributed by atoms with E-state index in [0.717, 1.165) is 5.56 Å². The van der Waals surface area contributed by atoms with E-state index in [1.54, 1.807) is 6.07 Å². The van der Waals surface area contributed by atoms with E-state index in [-0.39, 0.29) is 11.0 Å². The Bertz CT molecular complexity index is 842. The quantitative estimate of drug-likeness (QED) is 0.787. The minimum Gasteiger partial charge on any atom is -0.478 e. The molecule has 0 saturated heterocycles. The summed E-state index contributed by atoms with van der Waals surface area (Å²) in [7, 11) is 0. The maximum Gasteiger partial charge on any atom is 0.337 e. The number of nitrogens with zero attached hydrogens (tertiary/aromatic N) is 3. The highest BCUT2D eigenvalue weighted by molar-refractivity contribution is 5.87. The fourth-order valence-electron chi connectivity index (χ4n) is 2.25. The Morgan fingerprint density at radius 1 is 1.09 bits per heavy atom. The van der Waals surface area contributed by atoms with E-state index in [1.807, 2.05) is 12.1 Å². The minimum absolute atomic E-state index is 0.0985. The fourth-order valence-corrected chi connectivity index (χ4v) is 2.25. The van der Waals surface area contributed by atoms with Gasteiger partial charge in [0.1, 0.15) is 0 Å². The van der Waals surface area contributed by atoms with Gasteiger partial charge in [-0.2, -0.15) is 0 Å². The van der Waals surface area contributed by atoms with E-state index in [2.05, 4.69) is 43.0 Å². The first-order valence-corrected chi connectivity index (χ1v) is 7.05. The smallest absolute Gasteiger partial charge is 0.337 e. The molecule has 0 bridgehead atoms. The number of carboxylic acids is 1. The lowest BCUT2D eigenvalue weighted by atomic mass is 9.87. The lowest BCUT2D eigenvalue weighted by Gasteiger charge is -2.18. The van der Waals surface area contributed by atoms with Crippen molar-refractivity contribution in [1.82, 2.24) is 14.6 Å². The molecule has 0 spiro atoms. The summed E-state index contributed by atoms with van der Waals surface area (Å²) in [6.07, 6.45) is 1.47. The maximum absolute atomic E-state index is 11.0. The standard InChI is InChI=1S/C17H17N3O2/c1-17(2,3)13-7-4-11(5-8-13)15-18-14-9-6-12(16(21)22)10-20(14)19-15/h4-10H,1-3H3,(H,21,22). The Balaban J connectivity index is 2.01. The molecule has 2 heterocycles. The largest absolute Gasteiger partial charge is 0.478 e. The first kappa shape index (κ1) is 14.3. The lowest BCUT2D eigenvalue weighted by Crippen LogP contribution is -2.10. The van der Waals surface area contributed by atoms with Gasteiger partial charge in [-0.05, 0) is 23.1 Å². The number of aromatic nitrogens is 3. The zero-order valence-corrected chi connectivity index (χ0v) is 12.7. The summed E-state index contributed by atoms with van der Waals surface area (Å²) in [6, 6.07) is 11.3. The van der Waals surface area contributed by atoms with Gasteiger partial charge in [-0.25, -0.2) is 14.3 Å². The molecule has 3 rings (SSSR count). The molecule has 0 atom stereocenters. The van der Waals surface area contributed by atoms with Crippen LogP contribution in [-0.2, 0) is 5.41 Å². The predicted molar refractivity (Wildman–Crippen MR) is 84.1 cm³/mol. The second-order valence-electron chi connectivity index (χ2n) is 6.29. The summed E-state index contributed by atoms with van der Waals surface area (Å²) in [6.45, 7) is 6.50. The number of pyridine rings is 1. The van der Waals surface area contributed by atoms with Gasteiger partial charge in [-0.1, -0.05) is 45.0 Å².